The van der Waals surface area contributed by atoms with E-state index in [4.69, 9.17) is 18.9 Å². The number of carbonyl (C=O) groups is 1. The van der Waals surface area contributed by atoms with E-state index in [1.165, 1.54) is 13.2 Å². The van der Waals surface area contributed by atoms with Gasteiger partial charge in [-0.1, -0.05) is 0 Å². The van der Waals surface area contributed by atoms with Gasteiger partial charge in [0.2, 0.25) is 6.79 Å². The summed E-state index contributed by atoms with van der Waals surface area (Å²) in [5.74, 6) is 2.34. The minimum Gasteiger partial charge on any atom is -0.493 e. The Morgan fingerprint density at radius 2 is 1.83 bits per heavy atom. The molecule has 0 aromatic heterocycles. The Labute approximate surface area is 139 Å². The van der Waals surface area contributed by atoms with Gasteiger partial charge in [0, 0.05) is 29.6 Å². The first kappa shape index (κ1) is 15.7. The molecule has 2 aromatic rings. The van der Waals surface area contributed by atoms with Crippen LogP contribution in [-0.2, 0) is 0 Å². The summed E-state index contributed by atoms with van der Waals surface area (Å²) in [7, 11) is 3.08. The zero-order chi connectivity index (χ0) is 16.9. The summed E-state index contributed by atoms with van der Waals surface area (Å²) >= 11 is 0. The topological polar surface area (TPSA) is 66.0 Å². The molecule has 0 bridgehead atoms. The third-order valence-corrected chi connectivity index (χ3v) is 3.53. The number of anilines is 1. The lowest BCUT2D eigenvalue weighted by molar-refractivity contribution is 0.104. The summed E-state index contributed by atoms with van der Waals surface area (Å²) in [6, 6.07) is 10.5. The van der Waals surface area contributed by atoms with E-state index >= 15 is 0 Å². The fourth-order valence-corrected chi connectivity index (χ4v) is 2.29. The highest BCUT2D eigenvalue weighted by Crippen LogP contribution is 2.34. The molecular formula is C18H17NO5. The predicted molar refractivity (Wildman–Crippen MR) is 89.2 cm³/mol. The Balaban J connectivity index is 1.67. The predicted octanol–water partition coefficient (Wildman–Crippen LogP) is 3.24. The average Bonchev–Trinajstić information content (AvgIpc) is 3.08. The molecule has 1 heterocycles. The monoisotopic (exact) mass is 327 g/mol. The second-order valence-electron chi connectivity index (χ2n) is 4.98. The Kier molecular flexibility index (Phi) is 4.56. The van der Waals surface area contributed by atoms with Crippen LogP contribution in [0.15, 0.2) is 48.7 Å². The lowest BCUT2D eigenvalue weighted by atomic mass is 10.1. The smallest absolute Gasteiger partial charge is 0.231 e. The average molecular weight is 327 g/mol. The zero-order valence-corrected chi connectivity index (χ0v) is 13.4. The first-order valence-electron chi connectivity index (χ1n) is 7.30. The Bertz CT molecular complexity index is 785. The largest absolute Gasteiger partial charge is 0.493 e. The van der Waals surface area contributed by atoms with Gasteiger partial charge in [0.15, 0.2) is 28.8 Å². The maximum atomic E-state index is 12.2. The number of allylic oxidation sites excluding steroid dienone is 1. The molecule has 0 radical (unpaired) electrons. The van der Waals surface area contributed by atoms with Crippen LogP contribution in [-0.4, -0.2) is 26.8 Å². The molecule has 124 valence electrons. The van der Waals surface area contributed by atoms with Crippen molar-refractivity contribution in [2.24, 2.45) is 0 Å². The van der Waals surface area contributed by atoms with Crippen molar-refractivity contribution in [2.75, 3.05) is 26.3 Å². The van der Waals surface area contributed by atoms with Crippen molar-refractivity contribution in [1.82, 2.24) is 0 Å². The molecule has 0 saturated heterocycles. The number of nitrogens with one attached hydrogen (secondary N) is 1. The molecule has 0 atom stereocenters. The number of methoxy groups -OCH3 is 2. The second-order valence-corrected chi connectivity index (χ2v) is 4.98. The van der Waals surface area contributed by atoms with E-state index in [9.17, 15) is 4.79 Å². The van der Waals surface area contributed by atoms with Crippen LogP contribution >= 0.6 is 0 Å². The third-order valence-electron chi connectivity index (χ3n) is 3.53. The molecule has 24 heavy (non-hydrogen) atoms. The quantitative estimate of drug-likeness (QED) is 0.649. The van der Waals surface area contributed by atoms with E-state index in [1.54, 1.807) is 31.5 Å². The van der Waals surface area contributed by atoms with Crippen LogP contribution in [0.2, 0.25) is 0 Å². The summed E-state index contributed by atoms with van der Waals surface area (Å²) in [5.41, 5.74) is 1.31. The van der Waals surface area contributed by atoms with Crippen LogP contribution in [0.25, 0.3) is 0 Å². The van der Waals surface area contributed by atoms with Crippen LogP contribution in [0.1, 0.15) is 10.4 Å². The number of ketones is 1. The summed E-state index contributed by atoms with van der Waals surface area (Å²) in [5, 5.41) is 3.03. The Morgan fingerprint density at radius 3 is 2.62 bits per heavy atom. The SMILES string of the molecule is COc1ccc(C(=O)/C=C/Nc2ccc3c(c2)OCO3)cc1OC. The number of hydrogen-bond donors (Lipinski definition) is 1. The van der Waals surface area contributed by atoms with Gasteiger partial charge in [0.05, 0.1) is 14.2 Å². The molecule has 2 aromatic carbocycles. The molecule has 6 heteroatoms. The molecule has 0 fully saturated rings. The first-order valence-corrected chi connectivity index (χ1v) is 7.30. The number of carbonyl (C=O) groups excluding carboxylic acids is 1. The molecule has 1 aliphatic heterocycles. The highest BCUT2D eigenvalue weighted by atomic mass is 16.7. The summed E-state index contributed by atoms with van der Waals surface area (Å²) in [6.45, 7) is 0.229. The highest BCUT2D eigenvalue weighted by Gasteiger charge is 2.13. The Morgan fingerprint density at radius 1 is 1.04 bits per heavy atom. The lowest BCUT2D eigenvalue weighted by Crippen LogP contribution is -1.98. The van der Waals surface area contributed by atoms with Gasteiger partial charge < -0.3 is 24.3 Å². The van der Waals surface area contributed by atoms with E-state index in [1.807, 2.05) is 18.2 Å². The molecule has 6 nitrogen and oxygen atoms in total. The van der Waals surface area contributed by atoms with Gasteiger partial charge in [-0.3, -0.25) is 4.79 Å². The summed E-state index contributed by atoms with van der Waals surface area (Å²) in [4.78, 5) is 12.2. The molecule has 0 saturated carbocycles. The minimum absolute atomic E-state index is 0.149. The molecule has 0 aliphatic carbocycles. The maximum Gasteiger partial charge on any atom is 0.231 e. The minimum atomic E-state index is -0.149. The van der Waals surface area contributed by atoms with Crippen molar-refractivity contribution in [3.8, 4) is 23.0 Å². The number of fused-ring (bicyclic) bond motifs is 1. The first-order chi connectivity index (χ1) is 11.7. The van der Waals surface area contributed by atoms with E-state index in [-0.39, 0.29) is 12.6 Å². The lowest BCUT2D eigenvalue weighted by Gasteiger charge is -2.08. The van der Waals surface area contributed by atoms with Crippen molar-refractivity contribution in [3.05, 3.63) is 54.2 Å². The molecule has 0 spiro atoms. The van der Waals surface area contributed by atoms with Crippen LogP contribution in [0.3, 0.4) is 0 Å². The van der Waals surface area contributed by atoms with E-state index in [2.05, 4.69) is 5.32 Å². The van der Waals surface area contributed by atoms with Gasteiger partial charge in [-0.05, 0) is 30.3 Å². The van der Waals surface area contributed by atoms with Gasteiger partial charge in [0.1, 0.15) is 0 Å². The van der Waals surface area contributed by atoms with Crippen molar-refractivity contribution < 1.29 is 23.7 Å². The van der Waals surface area contributed by atoms with Crippen LogP contribution in [0.4, 0.5) is 5.69 Å². The van der Waals surface area contributed by atoms with E-state index in [0.29, 0.717) is 28.6 Å². The molecule has 1 aliphatic rings. The maximum absolute atomic E-state index is 12.2. The molecule has 0 unspecified atom stereocenters. The van der Waals surface area contributed by atoms with Crippen LogP contribution in [0, 0.1) is 0 Å². The molecular weight excluding hydrogens is 310 g/mol. The summed E-state index contributed by atoms with van der Waals surface area (Å²) < 4.78 is 20.9. The number of hydrogen-bond acceptors (Lipinski definition) is 6. The van der Waals surface area contributed by atoms with Crippen LogP contribution in [0.5, 0.6) is 23.0 Å². The van der Waals surface area contributed by atoms with Crippen molar-refractivity contribution >= 4 is 11.5 Å². The Hall–Kier alpha value is -3.15. The van der Waals surface area contributed by atoms with Gasteiger partial charge in [0.25, 0.3) is 0 Å². The fourth-order valence-electron chi connectivity index (χ4n) is 2.29. The number of rotatable bonds is 6. The van der Waals surface area contributed by atoms with Gasteiger partial charge in [-0.15, -0.1) is 0 Å². The van der Waals surface area contributed by atoms with Gasteiger partial charge in [-0.25, -0.2) is 0 Å². The molecule has 3 rings (SSSR count). The second kappa shape index (κ2) is 6.95. The van der Waals surface area contributed by atoms with Gasteiger partial charge in [-0.2, -0.15) is 0 Å². The highest BCUT2D eigenvalue weighted by molar-refractivity contribution is 6.05. The normalized spacial score (nSPS) is 12.2. The third kappa shape index (κ3) is 3.27. The summed E-state index contributed by atoms with van der Waals surface area (Å²) in [6.07, 6.45) is 3.03. The van der Waals surface area contributed by atoms with Crippen LogP contribution < -0.4 is 24.3 Å². The molecule has 1 N–H and O–H groups in total. The number of benzene rings is 2. The van der Waals surface area contributed by atoms with Crippen molar-refractivity contribution in [2.45, 2.75) is 0 Å². The molecule has 0 amide bonds. The van der Waals surface area contributed by atoms with Crippen molar-refractivity contribution in [3.63, 3.8) is 0 Å². The van der Waals surface area contributed by atoms with E-state index in [0.717, 1.165) is 5.69 Å². The standard InChI is InChI=1S/C18H17NO5/c1-21-15-5-3-12(9-17(15)22-2)14(20)7-8-19-13-4-6-16-18(10-13)24-11-23-16/h3-10,19H,11H2,1-2H3/b8-7+. The zero-order valence-electron chi connectivity index (χ0n) is 13.4. The number of ether oxygens (including phenoxy) is 4. The van der Waals surface area contributed by atoms with Crippen molar-refractivity contribution in [1.29, 1.82) is 0 Å². The fraction of sp³-hybridized carbons (Fsp3) is 0.167. The van der Waals surface area contributed by atoms with E-state index < -0.39 is 0 Å². The van der Waals surface area contributed by atoms with Gasteiger partial charge >= 0.3 is 0 Å².